The number of aryl methyl sites for hydroxylation is 2. The molecule has 0 saturated heterocycles. The number of nitrogens with zero attached hydrogens (tertiary/aromatic N) is 3. The fraction of sp³-hybridized carbons (Fsp3) is 0.500. The lowest BCUT2D eigenvalue weighted by molar-refractivity contribution is 0.244. The number of benzene rings is 1. The summed E-state index contributed by atoms with van der Waals surface area (Å²) < 4.78 is 7.21. The first-order valence-electron chi connectivity index (χ1n) is 8.05. The van der Waals surface area contributed by atoms with Gasteiger partial charge in [0.05, 0.1) is 17.8 Å². The Hall–Kier alpha value is -1.52. The third-order valence-electron chi connectivity index (χ3n) is 4.69. The minimum atomic E-state index is 0.675. The highest BCUT2D eigenvalue weighted by Crippen LogP contribution is 2.32. The van der Waals surface area contributed by atoms with E-state index in [1.807, 2.05) is 23.9 Å². The standard InChI is InChI=1S/C18H24ClN3O/c1-12-16(13(2)21(3)20-12)11-22(15-6-7-15)10-14-5-8-18(23-4)17(19)9-14/h5,8-9,15H,6-7,10-11H2,1-4H3. The van der Waals surface area contributed by atoms with Crippen molar-refractivity contribution in [1.29, 1.82) is 0 Å². The van der Waals surface area contributed by atoms with E-state index >= 15 is 0 Å². The monoisotopic (exact) mass is 333 g/mol. The Labute approximate surface area is 143 Å². The van der Waals surface area contributed by atoms with E-state index in [4.69, 9.17) is 16.3 Å². The summed E-state index contributed by atoms with van der Waals surface area (Å²) >= 11 is 6.27. The summed E-state index contributed by atoms with van der Waals surface area (Å²) in [4.78, 5) is 2.54. The molecule has 1 saturated carbocycles. The maximum Gasteiger partial charge on any atom is 0.137 e. The molecule has 0 bridgehead atoms. The molecule has 0 atom stereocenters. The van der Waals surface area contributed by atoms with Crippen molar-refractivity contribution in [2.45, 2.75) is 45.8 Å². The molecule has 0 unspecified atom stereocenters. The third kappa shape index (κ3) is 3.54. The van der Waals surface area contributed by atoms with Gasteiger partial charge < -0.3 is 4.74 Å². The quantitative estimate of drug-likeness (QED) is 0.804. The molecule has 23 heavy (non-hydrogen) atoms. The smallest absolute Gasteiger partial charge is 0.137 e. The SMILES string of the molecule is COc1ccc(CN(Cc2c(C)nn(C)c2C)C2CC2)cc1Cl. The highest BCUT2D eigenvalue weighted by Gasteiger charge is 2.30. The van der Waals surface area contributed by atoms with E-state index in [-0.39, 0.29) is 0 Å². The van der Waals surface area contributed by atoms with E-state index in [1.165, 1.54) is 29.7 Å². The lowest BCUT2D eigenvalue weighted by atomic mass is 10.1. The highest BCUT2D eigenvalue weighted by molar-refractivity contribution is 6.32. The Kier molecular flexibility index (Phi) is 4.64. The van der Waals surface area contributed by atoms with Gasteiger partial charge in [0.1, 0.15) is 5.75 Å². The van der Waals surface area contributed by atoms with Gasteiger partial charge in [-0.15, -0.1) is 0 Å². The van der Waals surface area contributed by atoms with Crippen molar-refractivity contribution in [1.82, 2.24) is 14.7 Å². The van der Waals surface area contributed by atoms with Crippen molar-refractivity contribution in [2.75, 3.05) is 7.11 Å². The lowest BCUT2D eigenvalue weighted by Gasteiger charge is -2.22. The van der Waals surface area contributed by atoms with E-state index in [1.54, 1.807) is 7.11 Å². The van der Waals surface area contributed by atoms with E-state index in [2.05, 4.69) is 29.9 Å². The molecular weight excluding hydrogens is 310 g/mol. The number of methoxy groups -OCH3 is 1. The molecule has 0 spiro atoms. The van der Waals surface area contributed by atoms with Crippen molar-refractivity contribution in [3.63, 3.8) is 0 Å². The predicted octanol–water partition coefficient (Wildman–Crippen LogP) is 3.86. The van der Waals surface area contributed by atoms with Crippen molar-refractivity contribution in [3.05, 3.63) is 45.7 Å². The van der Waals surface area contributed by atoms with Gasteiger partial charge in [0, 0.05) is 37.4 Å². The maximum atomic E-state index is 6.27. The Bertz CT molecular complexity index is 707. The van der Waals surface area contributed by atoms with Crippen LogP contribution in [0, 0.1) is 13.8 Å². The number of hydrogen-bond donors (Lipinski definition) is 0. The molecule has 1 fully saturated rings. The van der Waals surface area contributed by atoms with Gasteiger partial charge in [-0.1, -0.05) is 17.7 Å². The van der Waals surface area contributed by atoms with Crippen LogP contribution in [0.5, 0.6) is 5.75 Å². The fourth-order valence-corrected chi connectivity index (χ4v) is 3.33. The zero-order valence-electron chi connectivity index (χ0n) is 14.3. The van der Waals surface area contributed by atoms with Crippen molar-refractivity contribution in [3.8, 4) is 5.75 Å². The molecule has 1 aliphatic rings. The molecule has 2 aromatic rings. The summed E-state index contributed by atoms with van der Waals surface area (Å²) in [5.74, 6) is 0.729. The summed E-state index contributed by atoms with van der Waals surface area (Å²) in [6.07, 6.45) is 2.56. The summed E-state index contributed by atoms with van der Waals surface area (Å²) in [5.41, 5.74) is 4.95. The molecule has 1 heterocycles. The Morgan fingerprint density at radius 3 is 2.57 bits per heavy atom. The third-order valence-corrected chi connectivity index (χ3v) is 4.98. The van der Waals surface area contributed by atoms with Crippen molar-refractivity contribution >= 4 is 11.6 Å². The first-order chi connectivity index (χ1) is 11.0. The largest absolute Gasteiger partial charge is 0.495 e. The summed E-state index contributed by atoms with van der Waals surface area (Å²) in [6.45, 7) is 6.09. The van der Waals surface area contributed by atoms with Gasteiger partial charge in [-0.3, -0.25) is 9.58 Å². The van der Waals surface area contributed by atoms with Crippen LogP contribution in [0.15, 0.2) is 18.2 Å². The zero-order chi connectivity index (χ0) is 16.6. The minimum absolute atomic E-state index is 0.675. The lowest BCUT2D eigenvalue weighted by Crippen LogP contribution is -2.25. The van der Waals surface area contributed by atoms with Crippen molar-refractivity contribution in [2.24, 2.45) is 7.05 Å². The number of aromatic nitrogens is 2. The van der Waals surface area contributed by atoms with Crippen LogP contribution in [0.3, 0.4) is 0 Å². The number of ether oxygens (including phenoxy) is 1. The first-order valence-corrected chi connectivity index (χ1v) is 8.43. The highest BCUT2D eigenvalue weighted by atomic mass is 35.5. The van der Waals surface area contributed by atoms with E-state index in [0.717, 1.165) is 24.5 Å². The van der Waals surface area contributed by atoms with E-state index in [0.29, 0.717) is 11.1 Å². The summed E-state index contributed by atoms with van der Waals surface area (Å²) in [7, 11) is 3.65. The molecular formula is C18H24ClN3O. The van der Waals surface area contributed by atoms with Gasteiger partial charge in [0.2, 0.25) is 0 Å². The second-order valence-corrected chi connectivity index (χ2v) is 6.79. The van der Waals surface area contributed by atoms with E-state index < -0.39 is 0 Å². The van der Waals surface area contributed by atoms with Crippen molar-refractivity contribution < 1.29 is 4.74 Å². The first kappa shape index (κ1) is 16.3. The molecule has 0 amide bonds. The van der Waals surface area contributed by atoms with Crippen LogP contribution in [0.4, 0.5) is 0 Å². The number of halogens is 1. The van der Waals surface area contributed by atoms with Gasteiger partial charge in [0.25, 0.3) is 0 Å². The Morgan fingerprint density at radius 1 is 1.30 bits per heavy atom. The molecule has 3 rings (SSSR count). The van der Waals surface area contributed by atoms with Crippen LogP contribution in [0.1, 0.15) is 35.4 Å². The molecule has 4 nitrogen and oxygen atoms in total. The van der Waals surface area contributed by atoms with Gasteiger partial charge >= 0.3 is 0 Å². The van der Waals surface area contributed by atoms with Gasteiger partial charge in [-0.2, -0.15) is 5.10 Å². The van der Waals surface area contributed by atoms with Gasteiger partial charge in [-0.25, -0.2) is 0 Å². The molecule has 1 aromatic heterocycles. The zero-order valence-corrected chi connectivity index (χ0v) is 15.0. The van der Waals surface area contributed by atoms with Gasteiger partial charge in [-0.05, 0) is 44.4 Å². The fourth-order valence-electron chi connectivity index (χ4n) is 3.05. The molecule has 124 valence electrons. The summed E-state index contributed by atoms with van der Waals surface area (Å²) in [6, 6.07) is 6.74. The van der Waals surface area contributed by atoms with Gasteiger partial charge in [0.15, 0.2) is 0 Å². The molecule has 1 aliphatic carbocycles. The van der Waals surface area contributed by atoms with Crippen LogP contribution in [-0.4, -0.2) is 27.8 Å². The van der Waals surface area contributed by atoms with Crippen LogP contribution >= 0.6 is 11.6 Å². The Balaban J connectivity index is 1.78. The minimum Gasteiger partial charge on any atom is -0.495 e. The number of rotatable bonds is 6. The molecule has 1 aromatic carbocycles. The van der Waals surface area contributed by atoms with Crippen LogP contribution in [-0.2, 0) is 20.1 Å². The predicted molar refractivity (Wildman–Crippen MR) is 93.0 cm³/mol. The average molecular weight is 334 g/mol. The summed E-state index contributed by atoms with van der Waals surface area (Å²) in [5, 5.41) is 5.22. The van der Waals surface area contributed by atoms with Crippen LogP contribution in [0.25, 0.3) is 0 Å². The number of hydrogen-bond acceptors (Lipinski definition) is 3. The topological polar surface area (TPSA) is 30.3 Å². The maximum absolute atomic E-state index is 6.27. The molecule has 0 radical (unpaired) electrons. The molecule has 0 N–H and O–H groups in total. The second-order valence-electron chi connectivity index (χ2n) is 6.38. The van der Waals surface area contributed by atoms with Crippen LogP contribution in [0.2, 0.25) is 5.02 Å². The normalized spacial score (nSPS) is 14.5. The van der Waals surface area contributed by atoms with Crippen LogP contribution < -0.4 is 4.74 Å². The van der Waals surface area contributed by atoms with E-state index in [9.17, 15) is 0 Å². The Morgan fingerprint density at radius 2 is 2.04 bits per heavy atom. The second kappa shape index (κ2) is 6.54. The average Bonchev–Trinajstić information content (AvgIpc) is 3.32. The molecule has 0 aliphatic heterocycles. The molecule has 5 heteroatoms.